The molecule has 0 aliphatic heterocycles. The van der Waals surface area contributed by atoms with Gasteiger partial charge in [0.1, 0.15) is 0 Å². The van der Waals surface area contributed by atoms with Crippen molar-refractivity contribution >= 4 is 10.4 Å². The first-order valence-electron chi connectivity index (χ1n) is 3.96. The Kier molecular flexibility index (Phi) is 3.89. The molecule has 0 saturated heterocycles. The van der Waals surface area contributed by atoms with E-state index in [0.29, 0.717) is 0 Å². The molecule has 0 aromatic carbocycles. The molecule has 0 radical (unpaired) electrons. The second-order valence-corrected chi connectivity index (χ2v) is 5.17. The summed E-state index contributed by atoms with van der Waals surface area (Å²) < 4.78 is 36.6. The van der Waals surface area contributed by atoms with Crippen molar-refractivity contribution in [2.45, 2.75) is 37.8 Å². The van der Waals surface area contributed by atoms with E-state index in [-0.39, 0.29) is 0 Å². The Morgan fingerprint density at radius 3 is 1.46 bits per heavy atom. The van der Waals surface area contributed by atoms with Crippen molar-refractivity contribution in [3.8, 4) is 0 Å². The summed E-state index contributed by atoms with van der Waals surface area (Å²) in [6.07, 6.45) is 5.83. The molecule has 0 heterocycles. The van der Waals surface area contributed by atoms with Crippen molar-refractivity contribution < 1.29 is 37.6 Å². The topological polar surface area (TPSA) is 83.5 Å². The van der Waals surface area contributed by atoms with Gasteiger partial charge < -0.3 is 9.11 Å². The molecule has 0 N–H and O–H groups in total. The van der Waals surface area contributed by atoms with Gasteiger partial charge in [-0.1, -0.05) is 0 Å². The molecular weight excluding hydrogens is 377 g/mol. The molecule has 0 atom stereocenters. The Morgan fingerprint density at radius 1 is 1.08 bits per heavy atom. The van der Waals surface area contributed by atoms with Crippen molar-refractivity contribution in [3.63, 3.8) is 0 Å². The summed E-state index contributed by atoms with van der Waals surface area (Å²) in [6.45, 7) is 0. The monoisotopic (exact) mass is 387 g/mol. The standard InChI is InChI=1S/C6H10N.H2O4S.Pt/c1-2-5(1)7-6-3-4-6;1-5(2,3)4;/h5-6H,1-4H2;(H2,1,2,3,4);/q-1;;+3/p-2. The van der Waals surface area contributed by atoms with E-state index >= 15 is 0 Å². The van der Waals surface area contributed by atoms with Crippen LogP contribution in [-0.2, 0) is 30.5 Å². The molecule has 2 aliphatic carbocycles. The van der Waals surface area contributed by atoms with Crippen LogP contribution in [0.2, 0.25) is 0 Å². The first-order chi connectivity index (χ1) is 5.88. The van der Waals surface area contributed by atoms with Crippen LogP contribution in [-0.4, -0.2) is 33.1 Å². The zero-order valence-corrected chi connectivity index (χ0v) is 9.88. The molecule has 2 fully saturated rings. The van der Waals surface area contributed by atoms with Gasteiger partial charge >= 0.3 is 61.3 Å². The van der Waals surface area contributed by atoms with Crippen LogP contribution in [0, 0.1) is 0 Å². The van der Waals surface area contributed by atoms with Gasteiger partial charge in [0.05, 0.1) is 0 Å². The van der Waals surface area contributed by atoms with Gasteiger partial charge in [-0.2, -0.15) is 0 Å². The van der Waals surface area contributed by atoms with Gasteiger partial charge in [-0.15, -0.1) is 0 Å². The van der Waals surface area contributed by atoms with Gasteiger partial charge in [0.15, 0.2) is 0 Å². The van der Waals surface area contributed by atoms with E-state index in [1.54, 1.807) is 0 Å². The van der Waals surface area contributed by atoms with Crippen LogP contribution >= 0.6 is 0 Å². The molecule has 79 valence electrons. The second kappa shape index (κ2) is 4.36. The summed E-state index contributed by atoms with van der Waals surface area (Å²) in [7, 11) is -5.17. The predicted octanol–water partition coefficient (Wildman–Crippen LogP) is -0.263. The summed E-state index contributed by atoms with van der Waals surface area (Å²) in [5.41, 5.74) is 0. The van der Waals surface area contributed by atoms with Crippen molar-refractivity contribution in [1.29, 1.82) is 0 Å². The summed E-state index contributed by atoms with van der Waals surface area (Å²) >= 11 is 2.46. The molecule has 0 bridgehead atoms. The predicted molar refractivity (Wildman–Crippen MR) is 38.4 cm³/mol. The van der Waals surface area contributed by atoms with Gasteiger partial charge in [-0.05, 0) is 0 Å². The van der Waals surface area contributed by atoms with Crippen LogP contribution < -0.4 is 0 Å². The number of hydrogen-bond acceptors (Lipinski definition) is 5. The van der Waals surface area contributed by atoms with Crippen LogP contribution in [0.3, 0.4) is 0 Å². The third kappa shape index (κ3) is 6.57. The maximum atomic E-state index is 8.52. The zero-order chi connectivity index (χ0) is 10.1. The van der Waals surface area contributed by atoms with Crippen molar-refractivity contribution in [2.24, 2.45) is 0 Å². The van der Waals surface area contributed by atoms with Gasteiger partial charge in [-0.3, -0.25) is 8.42 Å². The molecular formula is C6H10NO4PtS. The maximum absolute atomic E-state index is 8.52. The van der Waals surface area contributed by atoms with E-state index in [1.165, 1.54) is 25.7 Å². The minimum absolute atomic E-state index is 0.976. The van der Waals surface area contributed by atoms with Crippen LogP contribution in [0.1, 0.15) is 25.7 Å². The fourth-order valence-electron chi connectivity index (χ4n) is 0.909. The van der Waals surface area contributed by atoms with Gasteiger partial charge in [0.2, 0.25) is 0 Å². The molecule has 0 amide bonds. The Labute approximate surface area is 89.3 Å². The number of rotatable bonds is 2. The minimum atomic E-state index is -5.17. The van der Waals surface area contributed by atoms with Crippen molar-refractivity contribution in [3.05, 3.63) is 0 Å². The normalized spacial score (nSPS) is 22.5. The van der Waals surface area contributed by atoms with E-state index in [0.717, 1.165) is 12.1 Å². The molecule has 0 aromatic rings. The van der Waals surface area contributed by atoms with Crippen molar-refractivity contribution in [2.75, 3.05) is 0 Å². The van der Waals surface area contributed by atoms with E-state index in [1.807, 2.05) is 0 Å². The van der Waals surface area contributed by atoms with Gasteiger partial charge in [-0.25, -0.2) is 0 Å². The third-order valence-electron chi connectivity index (χ3n) is 1.75. The van der Waals surface area contributed by atoms with Crippen LogP contribution in [0.5, 0.6) is 0 Å². The molecule has 2 rings (SSSR count). The molecule has 7 heteroatoms. The van der Waals surface area contributed by atoms with Crippen LogP contribution in [0.4, 0.5) is 0 Å². The van der Waals surface area contributed by atoms with Crippen molar-refractivity contribution in [1.82, 2.24) is 3.46 Å². The summed E-state index contributed by atoms with van der Waals surface area (Å²) in [4.78, 5) is 0. The van der Waals surface area contributed by atoms with Crippen LogP contribution in [0.25, 0.3) is 0 Å². The molecule has 0 spiro atoms. The first-order valence-corrected chi connectivity index (χ1v) is 6.31. The first kappa shape index (κ1) is 11.6. The molecule has 0 unspecified atom stereocenters. The Balaban J connectivity index is 0.000000149. The van der Waals surface area contributed by atoms with Crippen LogP contribution in [0.15, 0.2) is 0 Å². The average Bonchev–Trinajstić information content (AvgIpc) is 2.80. The number of nitrogens with zero attached hydrogens (tertiary/aromatic N) is 1. The molecule has 13 heavy (non-hydrogen) atoms. The Morgan fingerprint density at radius 2 is 1.31 bits per heavy atom. The summed E-state index contributed by atoms with van der Waals surface area (Å²) in [6, 6.07) is 1.95. The average molecular weight is 387 g/mol. The fourth-order valence-corrected chi connectivity index (χ4v) is 2.08. The molecule has 0 aromatic heterocycles. The quantitative estimate of drug-likeness (QED) is 0.482. The molecule has 2 saturated carbocycles. The van der Waals surface area contributed by atoms with E-state index in [4.69, 9.17) is 17.5 Å². The zero-order valence-electron chi connectivity index (χ0n) is 6.79. The Bertz CT molecular complexity index is 240. The van der Waals surface area contributed by atoms with E-state index < -0.39 is 10.4 Å². The SMILES string of the molecule is O=S(=O)([O-])[O-].[Pt+2][N](C1CC1)C1CC1. The molecule has 2 aliphatic rings. The second-order valence-electron chi connectivity index (χ2n) is 3.18. The van der Waals surface area contributed by atoms with Gasteiger partial charge in [0.25, 0.3) is 0 Å². The molecule has 5 nitrogen and oxygen atoms in total. The van der Waals surface area contributed by atoms with E-state index in [9.17, 15) is 0 Å². The number of hydrogen-bond donors (Lipinski definition) is 0. The Hall–Kier alpha value is 0.518. The fraction of sp³-hybridized carbons (Fsp3) is 1.00. The third-order valence-corrected chi connectivity index (χ3v) is 3.41. The van der Waals surface area contributed by atoms with Gasteiger partial charge in [0, 0.05) is 10.4 Å². The van der Waals surface area contributed by atoms with E-state index in [2.05, 4.69) is 23.5 Å². The summed E-state index contributed by atoms with van der Waals surface area (Å²) in [5, 5.41) is 0. The summed E-state index contributed by atoms with van der Waals surface area (Å²) in [5.74, 6) is 0.